The summed E-state index contributed by atoms with van der Waals surface area (Å²) < 4.78 is 5.27. The summed E-state index contributed by atoms with van der Waals surface area (Å²) >= 11 is 0. The lowest BCUT2D eigenvalue weighted by atomic mass is 9.97. The summed E-state index contributed by atoms with van der Waals surface area (Å²) in [5, 5.41) is 12.0. The second kappa shape index (κ2) is 7.13. The number of aliphatic hydroxyl groups is 1. The van der Waals surface area contributed by atoms with E-state index in [4.69, 9.17) is 9.72 Å². The molecule has 0 aliphatic rings. The van der Waals surface area contributed by atoms with Gasteiger partial charge >= 0.3 is 0 Å². The first kappa shape index (κ1) is 17.1. The Balaban J connectivity index is 1.89. The first-order valence-corrected chi connectivity index (χ1v) is 8.66. The number of aromatic nitrogens is 3. The summed E-state index contributed by atoms with van der Waals surface area (Å²) in [6.07, 6.45) is 4.32. The van der Waals surface area contributed by atoms with Crippen molar-refractivity contribution in [2.24, 2.45) is 0 Å². The molecule has 0 amide bonds. The number of hydrogen-bond acceptors (Lipinski definition) is 5. The van der Waals surface area contributed by atoms with Gasteiger partial charge in [-0.15, -0.1) is 0 Å². The third kappa shape index (κ3) is 3.25. The van der Waals surface area contributed by atoms with Crippen LogP contribution < -0.4 is 4.74 Å². The topological polar surface area (TPSA) is 68.1 Å². The van der Waals surface area contributed by atoms with E-state index in [9.17, 15) is 5.11 Å². The molecule has 0 saturated heterocycles. The van der Waals surface area contributed by atoms with Crippen LogP contribution in [0.1, 0.15) is 22.9 Å². The first-order valence-electron chi connectivity index (χ1n) is 8.66. The SMILES string of the molecule is COc1ccc([C@@H](O)c2nc(-c3ccncc3)cc3ncccc23)c(C)c1. The minimum atomic E-state index is -0.871. The molecule has 0 saturated carbocycles. The lowest BCUT2D eigenvalue weighted by molar-refractivity contribution is 0.216. The number of methoxy groups -OCH3 is 1. The van der Waals surface area contributed by atoms with Crippen LogP contribution in [0, 0.1) is 6.92 Å². The summed E-state index contributed by atoms with van der Waals surface area (Å²) in [5.41, 5.74) is 4.79. The minimum Gasteiger partial charge on any atom is -0.497 e. The molecule has 1 atom stereocenters. The van der Waals surface area contributed by atoms with Gasteiger partial charge in [-0.1, -0.05) is 6.07 Å². The van der Waals surface area contributed by atoms with Gasteiger partial charge in [-0.25, -0.2) is 4.98 Å². The van der Waals surface area contributed by atoms with Crippen molar-refractivity contribution in [2.45, 2.75) is 13.0 Å². The standard InChI is InChI=1S/C22H19N3O2/c1-14-12-16(27-2)5-6-17(14)22(26)21-18-4-3-9-24-20(18)13-19(25-21)15-7-10-23-11-8-15/h3-13,22,26H,1-2H3/t22-/m1/s1. The van der Waals surface area contributed by atoms with Crippen LogP contribution in [-0.4, -0.2) is 27.2 Å². The van der Waals surface area contributed by atoms with Crippen molar-refractivity contribution in [3.8, 4) is 17.0 Å². The number of hydrogen-bond donors (Lipinski definition) is 1. The summed E-state index contributed by atoms with van der Waals surface area (Å²) in [6, 6.07) is 15.1. The molecule has 5 heteroatoms. The summed E-state index contributed by atoms with van der Waals surface area (Å²) in [5.74, 6) is 0.758. The fraction of sp³-hybridized carbons (Fsp3) is 0.136. The highest BCUT2D eigenvalue weighted by atomic mass is 16.5. The van der Waals surface area contributed by atoms with Crippen LogP contribution in [-0.2, 0) is 0 Å². The maximum absolute atomic E-state index is 11.2. The van der Waals surface area contributed by atoms with E-state index in [1.54, 1.807) is 25.7 Å². The number of benzene rings is 1. The normalized spacial score (nSPS) is 12.1. The number of ether oxygens (including phenoxy) is 1. The molecular formula is C22H19N3O2. The number of rotatable bonds is 4. The van der Waals surface area contributed by atoms with Crippen LogP contribution in [0.15, 0.2) is 67.1 Å². The lowest BCUT2D eigenvalue weighted by Crippen LogP contribution is -2.07. The van der Waals surface area contributed by atoms with Gasteiger partial charge in [0.2, 0.25) is 0 Å². The van der Waals surface area contributed by atoms with Crippen molar-refractivity contribution in [3.63, 3.8) is 0 Å². The first-order chi connectivity index (χ1) is 13.2. The third-order valence-electron chi connectivity index (χ3n) is 4.64. The molecule has 0 aliphatic carbocycles. The van der Waals surface area contributed by atoms with Crippen molar-refractivity contribution >= 4 is 10.9 Å². The predicted molar refractivity (Wildman–Crippen MR) is 105 cm³/mol. The zero-order valence-corrected chi connectivity index (χ0v) is 15.1. The summed E-state index contributed by atoms with van der Waals surface area (Å²) in [6.45, 7) is 1.95. The van der Waals surface area contributed by atoms with Gasteiger partial charge in [-0.3, -0.25) is 9.97 Å². The Kier molecular flexibility index (Phi) is 4.52. The zero-order valence-electron chi connectivity index (χ0n) is 15.1. The molecule has 0 unspecified atom stereocenters. The Hall–Kier alpha value is -3.31. The molecule has 1 N–H and O–H groups in total. The van der Waals surface area contributed by atoms with Gasteiger partial charge in [0.05, 0.1) is 24.0 Å². The average Bonchev–Trinajstić information content (AvgIpc) is 2.73. The van der Waals surface area contributed by atoms with E-state index in [0.717, 1.165) is 39.0 Å². The van der Waals surface area contributed by atoms with Crippen LogP contribution in [0.3, 0.4) is 0 Å². The van der Waals surface area contributed by atoms with Gasteiger partial charge < -0.3 is 9.84 Å². The molecule has 0 fully saturated rings. The van der Waals surface area contributed by atoms with Gasteiger partial charge in [0.15, 0.2) is 0 Å². The highest BCUT2D eigenvalue weighted by molar-refractivity contribution is 5.85. The van der Waals surface area contributed by atoms with E-state index < -0.39 is 6.10 Å². The fourth-order valence-corrected chi connectivity index (χ4v) is 3.21. The molecule has 3 aromatic heterocycles. The van der Waals surface area contributed by atoms with E-state index >= 15 is 0 Å². The number of pyridine rings is 3. The molecule has 0 radical (unpaired) electrons. The Bertz CT molecular complexity index is 1100. The Morgan fingerprint density at radius 3 is 2.56 bits per heavy atom. The molecule has 0 bridgehead atoms. The highest BCUT2D eigenvalue weighted by Gasteiger charge is 2.19. The van der Waals surface area contributed by atoms with Crippen LogP contribution in [0.25, 0.3) is 22.2 Å². The van der Waals surface area contributed by atoms with Gasteiger partial charge in [0, 0.05) is 29.5 Å². The molecule has 4 aromatic rings. The number of aryl methyl sites for hydroxylation is 1. The molecule has 5 nitrogen and oxygen atoms in total. The zero-order chi connectivity index (χ0) is 18.8. The molecule has 1 aromatic carbocycles. The summed E-state index contributed by atoms with van der Waals surface area (Å²) in [7, 11) is 1.63. The van der Waals surface area contributed by atoms with Gasteiger partial charge in [0.1, 0.15) is 11.9 Å². The predicted octanol–water partition coefficient (Wildman–Crippen LogP) is 4.09. The fourth-order valence-electron chi connectivity index (χ4n) is 3.21. The Morgan fingerprint density at radius 1 is 1.00 bits per heavy atom. The molecule has 0 spiro atoms. The quantitative estimate of drug-likeness (QED) is 0.596. The summed E-state index contributed by atoms with van der Waals surface area (Å²) in [4.78, 5) is 13.3. The monoisotopic (exact) mass is 357 g/mol. The van der Waals surface area contributed by atoms with Crippen molar-refractivity contribution in [1.82, 2.24) is 15.0 Å². The maximum atomic E-state index is 11.2. The largest absolute Gasteiger partial charge is 0.497 e. The van der Waals surface area contributed by atoms with Gasteiger partial charge in [0.25, 0.3) is 0 Å². The van der Waals surface area contributed by atoms with Gasteiger partial charge in [-0.05, 0) is 60.5 Å². The molecular weight excluding hydrogens is 338 g/mol. The van der Waals surface area contributed by atoms with Crippen molar-refractivity contribution in [2.75, 3.05) is 7.11 Å². The highest BCUT2D eigenvalue weighted by Crippen LogP contribution is 2.32. The van der Waals surface area contributed by atoms with Crippen molar-refractivity contribution in [1.29, 1.82) is 0 Å². The second-order valence-electron chi connectivity index (χ2n) is 6.32. The van der Waals surface area contributed by atoms with E-state index in [2.05, 4.69) is 9.97 Å². The maximum Gasteiger partial charge on any atom is 0.122 e. The van der Waals surface area contributed by atoms with Crippen LogP contribution in [0.5, 0.6) is 5.75 Å². The lowest BCUT2D eigenvalue weighted by Gasteiger charge is -2.17. The van der Waals surface area contributed by atoms with Crippen LogP contribution in [0.4, 0.5) is 0 Å². The van der Waals surface area contributed by atoms with E-state index in [-0.39, 0.29) is 0 Å². The minimum absolute atomic E-state index is 0.584. The van der Waals surface area contributed by atoms with Gasteiger partial charge in [-0.2, -0.15) is 0 Å². The van der Waals surface area contributed by atoms with Crippen LogP contribution >= 0.6 is 0 Å². The Morgan fingerprint density at radius 2 is 1.81 bits per heavy atom. The smallest absolute Gasteiger partial charge is 0.122 e. The molecule has 27 heavy (non-hydrogen) atoms. The number of aliphatic hydroxyl groups excluding tert-OH is 1. The molecule has 134 valence electrons. The number of nitrogens with zero attached hydrogens (tertiary/aromatic N) is 3. The van der Waals surface area contributed by atoms with Crippen molar-refractivity contribution < 1.29 is 9.84 Å². The van der Waals surface area contributed by atoms with E-state index in [1.807, 2.05) is 55.5 Å². The molecule has 3 heterocycles. The molecule has 0 aliphatic heterocycles. The molecule has 4 rings (SSSR count). The van der Waals surface area contributed by atoms with Crippen LogP contribution in [0.2, 0.25) is 0 Å². The average molecular weight is 357 g/mol. The van der Waals surface area contributed by atoms with E-state index in [0.29, 0.717) is 5.69 Å². The van der Waals surface area contributed by atoms with E-state index in [1.165, 1.54) is 0 Å². The second-order valence-corrected chi connectivity index (χ2v) is 6.32. The number of fused-ring (bicyclic) bond motifs is 1. The van der Waals surface area contributed by atoms with Crippen molar-refractivity contribution in [3.05, 3.63) is 83.9 Å². The third-order valence-corrected chi connectivity index (χ3v) is 4.64. The Labute approximate surface area is 157 Å².